The van der Waals surface area contributed by atoms with Gasteiger partial charge in [0.15, 0.2) is 11.6 Å². The summed E-state index contributed by atoms with van der Waals surface area (Å²) in [7, 11) is 1.77. The van der Waals surface area contributed by atoms with Crippen molar-refractivity contribution in [3.05, 3.63) is 41.5 Å². The molecule has 1 saturated heterocycles. The van der Waals surface area contributed by atoms with Gasteiger partial charge >= 0.3 is 0 Å². The number of ether oxygens (including phenoxy) is 1. The second-order valence-corrected chi connectivity index (χ2v) is 9.49. The summed E-state index contributed by atoms with van der Waals surface area (Å²) in [4.78, 5) is 35.9. The van der Waals surface area contributed by atoms with Gasteiger partial charge in [0.25, 0.3) is 11.8 Å². The number of anilines is 3. The molecule has 6 N–H and O–H groups in total. The van der Waals surface area contributed by atoms with Crippen molar-refractivity contribution in [2.45, 2.75) is 37.8 Å². The van der Waals surface area contributed by atoms with E-state index in [1.54, 1.807) is 34.8 Å². The number of nitrogens with two attached hydrogens (primary N) is 2. The summed E-state index contributed by atoms with van der Waals surface area (Å²) in [5, 5.41) is 6.88. The Morgan fingerprint density at radius 2 is 1.92 bits per heavy atom. The number of hydrogen-bond acceptors (Lipinski definition) is 8. The second kappa shape index (κ2) is 10.3. The van der Waals surface area contributed by atoms with Crippen molar-refractivity contribution < 1.29 is 18.7 Å². The van der Waals surface area contributed by atoms with Crippen molar-refractivity contribution >= 4 is 40.2 Å². The second-order valence-electron chi connectivity index (χ2n) is 9.49. The van der Waals surface area contributed by atoms with Crippen LogP contribution in [0.25, 0.3) is 11.0 Å². The van der Waals surface area contributed by atoms with E-state index in [1.165, 1.54) is 0 Å². The van der Waals surface area contributed by atoms with Gasteiger partial charge < -0.3 is 36.3 Å². The molecule has 37 heavy (non-hydrogen) atoms. The summed E-state index contributed by atoms with van der Waals surface area (Å²) >= 11 is 0. The third-order valence-electron chi connectivity index (χ3n) is 7.08. The zero-order chi connectivity index (χ0) is 26.1. The molecule has 0 spiro atoms. The highest BCUT2D eigenvalue weighted by Gasteiger charge is 2.26. The molecule has 5 rings (SSSR count). The average molecular weight is 511 g/mol. The zero-order valence-corrected chi connectivity index (χ0v) is 20.7. The first-order chi connectivity index (χ1) is 17.8. The largest absolute Gasteiger partial charge is 0.378 e. The number of aryl methyl sites for hydroxylation is 1. The van der Waals surface area contributed by atoms with Gasteiger partial charge in [0.1, 0.15) is 17.2 Å². The zero-order valence-electron chi connectivity index (χ0n) is 20.7. The molecule has 0 bridgehead atoms. The van der Waals surface area contributed by atoms with E-state index in [-0.39, 0.29) is 35.2 Å². The van der Waals surface area contributed by atoms with Crippen molar-refractivity contribution in [1.82, 2.24) is 19.4 Å². The minimum absolute atomic E-state index is 0.00334. The number of carbonyl (C=O) groups excluding carboxylic acids is 2. The lowest BCUT2D eigenvalue weighted by atomic mass is 9.91. The number of fused-ring (bicyclic) bond motifs is 1. The molecule has 1 saturated carbocycles. The smallest absolute Gasteiger partial charge is 0.270 e. The molecule has 4 heterocycles. The molecule has 196 valence electrons. The van der Waals surface area contributed by atoms with Crippen LogP contribution in [-0.4, -0.2) is 69.6 Å². The van der Waals surface area contributed by atoms with E-state index < -0.39 is 11.7 Å². The fourth-order valence-electron chi connectivity index (χ4n) is 4.98. The lowest BCUT2D eigenvalue weighted by molar-refractivity contribution is 0.0297. The van der Waals surface area contributed by atoms with Gasteiger partial charge in [-0.15, -0.1) is 0 Å². The Hall–Kier alpha value is -3.77. The summed E-state index contributed by atoms with van der Waals surface area (Å²) in [6, 6.07) is 4.28. The van der Waals surface area contributed by atoms with E-state index >= 15 is 0 Å². The number of halogens is 1. The Balaban J connectivity index is 1.50. The Bertz CT molecular complexity index is 1340. The lowest BCUT2D eigenvalue weighted by Crippen LogP contribution is -2.43. The Morgan fingerprint density at radius 3 is 2.65 bits per heavy atom. The van der Waals surface area contributed by atoms with Gasteiger partial charge in [0.05, 0.1) is 24.5 Å². The molecule has 2 atom stereocenters. The van der Waals surface area contributed by atoms with E-state index in [1.807, 2.05) is 0 Å². The van der Waals surface area contributed by atoms with Gasteiger partial charge in [0, 0.05) is 43.8 Å². The number of primary amides is 1. The fourth-order valence-corrected chi connectivity index (χ4v) is 4.98. The molecule has 0 aromatic carbocycles. The molecule has 2 amide bonds. The molecule has 3 aromatic rings. The molecule has 11 nitrogen and oxygen atoms in total. The van der Waals surface area contributed by atoms with Crippen molar-refractivity contribution in [2.24, 2.45) is 18.5 Å². The summed E-state index contributed by atoms with van der Waals surface area (Å²) < 4.78 is 22.0. The molecular formula is C25H31FN8O3. The van der Waals surface area contributed by atoms with Gasteiger partial charge in [-0.05, 0) is 31.0 Å². The van der Waals surface area contributed by atoms with Crippen LogP contribution >= 0.6 is 0 Å². The van der Waals surface area contributed by atoms with Gasteiger partial charge in [-0.3, -0.25) is 9.59 Å². The summed E-state index contributed by atoms with van der Waals surface area (Å²) in [5.41, 5.74) is 13.3. The van der Waals surface area contributed by atoms with E-state index in [2.05, 4.69) is 20.6 Å². The third-order valence-corrected chi connectivity index (χ3v) is 7.08. The monoisotopic (exact) mass is 510 g/mol. The highest BCUT2D eigenvalue weighted by molar-refractivity contribution is 6.03. The number of pyridine rings is 2. The quantitative estimate of drug-likeness (QED) is 0.393. The number of nitrogens with zero attached hydrogens (tertiary/aromatic N) is 4. The van der Waals surface area contributed by atoms with Crippen molar-refractivity contribution in [2.75, 3.05) is 36.9 Å². The first-order valence-corrected chi connectivity index (χ1v) is 12.4. The Morgan fingerprint density at radius 1 is 1.16 bits per heavy atom. The lowest BCUT2D eigenvalue weighted by Gasteiger charge is -2.30. The number of carbonyl (C=O) groups is 2. The summed E-state index contributed by atoms with van der Waals surface area (Å²) in [5.74, 6) is -1.54. The number of nitrogens with one attached hydrogen (secondary N) is 2. The SMILES string of the molecule is Cn1c(C(=O)N2CCOCC2)cc2c(Nc3nc(N[C@@H]4CCCC[C@@H]4N)c(F)cc3C(N)=O)ccnc21. The number of aromatic nitrogens is 3. The number of amides is 2. The Kier molecular flexibility index (Phi) is 6.94. The molecule has 2 aliphatic rings. The maximum absolute atomic E-state index is 14.9. The van der Waals surface area contributed by atoms with E-state index in [0.717, 1.165) is 31.7 Å². The minimum atomic E-state index is -0.823. The van der Waals surface area contributed by atoms with E-state index in [9.17, 15) is 14.0 Å². The van der Waals surface area contributed by atoms with Gasteiger partial charge in [-0.1, -0.05) is 12.8 Å². The van der Waals surface area contributed by atoms with E-state index in [4.69, 9.17) is 16.2 Å². The van der Waals surface area contributed by atoms with E-state index in [0.29, 0.717) is 48.7 Å². The topological polar surface area (TPSA) is 153 Å². The van der Waals surface area contributed by atoms with Crippen molar-refractivity contribution in [1.29, 1.82) is 0 Å². The highest BCUT2D eigenvalue weighted by Crippen LogP contribution is 2.31. The van der Waals surface area contributed by atoms with Crippen LogP contribution in [0.1, 0.15) is 46.5 Å². The van der Waals surface area contributed by atoms with Gasteiger partial charge in [0.2, 0.25) is 0 Å². The third kappa shape index (κ3) is 4.94. The van der Waals surface area contributed by atoms with Crippen LogP contribution in [-0.2, 0) is 11.8 Å². The maximum Gasteiger partial charge on any atom is 0.270 e. The molecule has 3 aromatic heterocycles. The van der Waals surface area contributed by atoms with Gasteiger partial charge in [-0.25, -0.2) is 14.4 Å². The van der Waals surface area contributed by atoms with Crippen molar-refractivity contribution in [3.63, 3.8) is 0 Å². The first kappa shape index (κ1) is 24.9. The normalized spacial score (nSPS) is 20.1. The molecule has 2 fully saturated rings. The number of morpholine rings is 1. The van der Waals surface area contributed by atoms with Crippen LogP contribution in [0.2, 0.25) is 0 Å². The van der Waals surface area contributed by atoms with Crippen LogP contribution in [0.5, 0.6) is 0 Å². The highest BCUT2D eigenvalue weighted by atomic mass is 19.1. The van der Waals surface area contributed by atoms with Crippen LogP contribution in [0.3, 0.4) is 0 Å². The number of hydrogen-bond donors (Lipinski definition) is 4. The summed E-state index contributed by atoms with van der Waals surface area (Å²) in [6.07, 6.45) is 5.26. The predicted octanol–water partition coefficient (Wildman–Crippen LogP) is 2.10. The molecular weight excluding hydrogens is 479 g/mol. The van der Waals surface area contributed by atoms with Crippen LogP contribution in [0.15, 0.2) is 24.4 Å². The summed E-state index contributed by atoms with van der Waals surface area (Å²) in [6.45, 7) is 2.02. The molecule has 1 aliphatic heterocycles. The standard InChI is InChI=1S/C25H31FN8O3/c1-33-20(25(36)34-8-10-37-11-9-34)13-14-18(6-7-29-24(14)33)30-22-15(21(28)35)12-16(26)23(32-22)31-19-5-3-2-4-17(19)27/h6-7,12-13,17,19H,2-5,8-11,27H2,1H3,(H2,28,35)(H2,29,30,31,32)/t17-,19+/m0/s1. The molecule has 0 unspecified atom stereocenters. The average Bonchev–Trinajstić information content (AvgIpc) is 3.24. The Labute approximate surface area is 213 Å². The molecule has 1 aliphatic carbocycles. The molecule has 0 radical (unpaired) electrons. The maximum atomic E-state index is 14.9. The fraction of sp³-hybridized carbons (Fsp3) is 0.440. The van der Waals surface area contributed by atoms with Crippen LogP contribution in [0.4, 0.5) is 21.7 Å². The first-order valence-electron chi connectivity index (χ1n) is 12.4. The van der Waals surface area contributed by atoms with Crippen LogP contribution < -0.4 is 22.1 Å². The number of rotatable bonds is 6. The van der Waals surface area contributed by atoms with Gasteiger partial charge in [-0.2, -0.15) is 0 Å². The predicted molar refractivity (Wildman–Crippen MR) is 137 cm³/mol. The van der Waals surface area contributed by atoms with Crippen LogP contribution in [0, 0.1) is 5.82 Å². The van der Waals surface area contributed by atoms with Crippen molar-refractivity contribution in [3.8, 4) is 0 Å². The minimum Gasteiger partial charge on any atom is -0.378 e. The molecule has 12 heteroatoms.